The van der Waals surface area contributed by atoms with E-state index < -0.39 is 6.04 Å². The van der Waals surface area contributed by atoms with E-state index >= 15 is 0 Å². The molecule has 0 aliphatic heterocycles. The molecule has 5 nitrogen and oxygen atoms in total. The van der Waals surface area contributed by atoms with Crippen LogP contribution in [-0.4, -0.2) is 30.9 Å². The molecular formula is C8H17N3O2. The van der Waals surface area contributed by atoms with Gasteiger partial charge in [-0.05, 0) is 13.3 Å². The number of hydrogen-bond donors (Lipinski definition) is 3. The molecule has 0 radical (unpaired) electrons. The normalized spacial score (nSPS) is 11.9. The fraction of sp³-hybridized carbons (Fsp3) is 0.750. The maximum Gasteiger partial charge on any atom is 0.239 e. The van der Waals surface area contributed by atoms with Gasteiger partial charge in [0.1, 0.15) is 0 Å². The van der Waals surface area contributed by atoms with Crippen LogP contribution < -0.4 is 16.4 Å². The first-order valence-corrected chi connectivity index (χ1v) is 4.41. The first kappa shape index (κ1) is 11.9. The summed E-state index contributed by atoms with van der Waals surface area (Å²) in [4.78, 5) is 22.0. The van der Waals surface area contributed by atoms with Gasteiger partial charge in [-0.25, -0.2) is 0 Å². The number of amides is 2. The van der Waals surface area contributed by atoms with Crippen molar-refractivity contribution in [1.29, 1.82) is 0 Å². The maximum atomic E-state index is 11.1. The summed E-state index contributed by atoms with van der Waals surface area (Å²) >= 11 is 0. The molecule has 76 valence electrons. The summed E-state index contributed by atoms with van der Waals surface area (Å²) in [7, 11) is 0. The molecule has 0 aromatic heterocycles. The van der Waals surface area contributed by atoms with Crippen molar-refractivity contribution < 1.29 is 9.59 Å². The molecule has 0 aliphatic carbocycles. The number of carbonyl (C=O) groups excluding carboxylic acids is 2. The van der Waals surface area contributed by atoms with Crippen molar-refractivity contribution in [2.24, 2.45) is 5.73 Å². The molecule has 1 atom stereocenters. The predicted molar refractivity (Wildman–Crippen MR) is 50.0 cm³/mol. The van der Waals surface area contributed by atoms with Gasteiger partial charge in [-0.1, -0.05) is 6.92 Å². The van der Waals surface area contributed by atoms with E-state index in [0.29, 0.717) is 13.0 Å². The van der Waals surface area contributed by atoms with E-state index in [9.17, 15) is 9.59 Å². The second-order valence-electron chi connectivity index (χ2n) is 2.69. The van der Waals surface area contributed by atoms with Gasteiger partial charge in [0.15, 0.2) is 0 Å². The highest BCUT2D eigenvalue weighted by Crippen LogP contribution is 1.84. The Morgan fingerprint density at radius 2 is 1.92 bits per heavy atom. The van der Waals surface area contributed by atoms with E-state index in [1.165, 1.54) is 0 Å². The smallest absolute Gasteiger partial charge is 0.239 e. The van der Waals surface area contributed by atoms with Gasteiger partial charge in [-0.3, -0.25) is 9.59 Å². The van der Waals surface area contributed by atoms with E-state index in [4.69, 9.17) is 5.73 Å². The number of nitrogens with one attached hydrogen (secondary N) is 2. The van der Waals surface area contributed by atoms with Crippen LogP contribution in [0.15, 0.2) is 0 Å². The highest BCUT2D eigenvalue weighted by atomic mass is 16.2. The molecule has 2 amide bonds. The maximum absolute atomic E-state index is 11.1. The Morgan fingerprint density at radius 3 is 2.38 bits per heavy atom. The van der Waals surface area contributed by atoms with Crippen molar-refractivity contribution in [2.45, 2.75) is 26.3 Å². The number of carbonyl (C=O) groups is 2. The molecule has 0 saturated heterocycles. The fourth-order valence-electron chi connectivity index (χ4n) is 0.744. The van der Waals surface area contributed by atoms with Crippen LogP contribution in [0.2, 0.25) is 0 Å². The van der Waals surface area contributed by atoms with Gasteiger partial charge in [-0.15, -0.1) is 0 Å². The van der Waals surface area contributed by atoms with Crippen LogP contribution >= 0.6 is 0 Å². The van der Waals surface area contributed by atoms with Crippen LogP contribution in [0.5, 0.6) is 0 Å². The van der Waals surface area contributed by atoms with Crippen LogP contribution in [0, 0.1) is 0 Å². The highest BCUT2D eigenvalue weighted by molar-refractivity contribution is 5.87. The average molecular weight is 187 g/mol. The number of rotatable bonds is 5. The Morgan fingerprint density at radius 1 is 1.31 bits per heavy atom. The topological polar surface area (TPSA) is 84.2 Å². The number of nitrogens with two attached hydrogens (primary N) is 1. The van der Waals surface area contributed by atoms with Crippen molar-refractivity contribution in [3.8, 4) is 0 Å². The Hall–Kier alpha value is -1.10. The van der Waals surface area contributed by atoms with E-state index in [1.807, 2.05) is 13.8 Å². The van der Waals surface area contributed by atoms with Crippen LogP contribution in [0.4, 0.5) is 0 Å². The molecule has 0 heterocycles. The summed E-state index contributed by atoms with van der Waals surface area (Å²) in [5.74, 6) is -0.479. The zero-order valence-corrected chi connectivity index (χ0v) is 8.09. The van der Waals surface area contributed by atoms with Crippen molar-refractivity contribution in [1.82, 2.24) is 10.6 Å². The lowest BCUT2D eigenvalue weighted by molar-refractivity contribution is -0.126. The Kier molecular flexibility index (Phi) is 5.88. The largest absolute Gasteiger partial charge is 0.355 e. The molecule has 0 rings (SSSR count). The Bertz CT molecular complexity index is 182. The molecule has 5 heteroatoms. The molecule has 4 N–H and O–H groups in total. The summed E-state index contributed by atoms with van der Waals surface area (Å²) in [6, 6.07) is -0.519. The second-order valence-corrected chi connectivity index (χ2v) is 2.69. The van der Waals surface area contributed by atoms with Gasteiger partial charge in [0, 0.05) is 6.54 Å². The molecule has 0 unspecified atom stereocenters. The van der Waals surface area contributed by atoms with Crippen molar-refractivity contribution in [2.75, 3.05) is 13.1 Å². The Balaban J connectivity index is 3.63. The molecular weight excluding hydrogens is 170 g/mol. The quantitative estimate of drug-likeness (QED) is 0.515. The number of hydrogen-bond acceptors (Lipinski definition) is 3. The van der Waals surface area contributed by atoms with Crippen molar-refractivity contribution in [3.63, 3.8) is 0 Å². The highest BCUT2D eigenvalue weighted by Gasteiger charge is 2.11. The minimum Gasteiger partial charge on any atom is -0.355 e. The summed E-state index contributed by atoms with van der Waals surface area (Å²) < 4.78 is 0. The minimum absolute atomic E-state index is 0.000370. The molecule has 13 heavy (non-hydrogen) atoms. The van der Waals surface area contributed by atoms with Gasteiger partial charge < -0.3 is 16.4 Å². The van der Waals surface area contributed by atoms with Crippen LogP contribution in [0.3, 0.4) is 0 Å². The summed E-state index contributed by atoms with van der Waals surface area (Å²) in [5.41, 5.74) is 5.43. The van der Waals surface area contributed by atoms with Crippen LogP contribution in [0.1, 0.15) is 20.3 Å². The molecule has 0 aromatic carbocycles. The lowest BCUT2D eigenvalue weighted by Crippen LogP contribution is -2.44. The SMILES string of the molecule is CCNC(=O)CNC(=O)[C@H](N)CC. The monoisotopic (exact) mass is 187 g/mol. The van der Waals surface area contributed by atoms with Crippen molar-refractivity contribution >= 4 is 11.8 Å². The molecule has 0 fully saturated rings. The van der Waals surface area contributed by atoms with Crippen LogP contribution in [-0.2, 0) is 9.59 Å². The second kappa shape index (κ2) is 6.42. The van der Waals surface area contributed by atoms with Gasteiger partial charge in [0.2, 0.25) is 11.8 Å². The third-order valence-electron chi connectivity index (χ3n) is 1.57. The lowest BCUT2D eigenvalue weighted by atomic mass is 10.2. The van der Waals surface area contributed by atoms with E-state index in [2.05, 4.69) is 10.6 Å². The van der Waals surface area contributed by atoms with Gasteiger partial charge >= 0.3 is 0 Å². The van der Waals surface area contributed by atoms with Gasteiger partial charge in [0.05, 0.1) is 12.6 Å². The lowest BCUT2D eigenvalue weighted by Gasteiger charge is -2.09. The minimum atomic E-state index is -0.519. The fourth-order valence-corrected chi connectivity index (χ4v) is 0.744. The Labute approximate surface area is 78.1 Å². The molecule has 0 aromatic rings. The first-order valence-electron chi connectivity index (χ1n) is 4.41. The zero-order valence-electron chi connectivity index (χ0n) is 8.09. The van der Waals surface area contributed by atoms with E-state index in [-0.39, 0.29) is 18.4 Å². The van der Waals surface area contributed by atoms with E-state index in [1.54, 1.807) is 0 Å². The number of likely N-dealkylation sites (N-methyl/N-ethyl adjacent to an activating group) is 1. The van der Waals surface area contributed by atoms with Crippen molar-refractivity contribution in [3.05, 3.63) is 0 Å². The van der Waals surface area contributed by atoms with E-state index in [0.717, 1.165) is 0 Å². The molecule has 0 bridgehead atoms. The average Bonchev–Trinajstić information content (AvgIpc) is 2.13. The summed E-state index contributed by atoms with van der Waals surface area (Å²) in [6.07, 6.45) is 0.571. The third-order valence-corrected chi connectivity index (χ3v) is 1.57. The summed E-state index contributed by atoms with van der Waals surface area (Å²) in [6.45, 7) is 4.20. The van der Waals surface area contributed by atoms with Gasteiger partial charge in [-0.2, -0.15) is 0 Å². The summed E-state index contributed by atoms with van der Waals surface area (Å²) in [5, 5.41) is 5.01. The third kappa shape index (κ3) is 5.19. The van der Waals surface area contributed by atoms with Gasteiger partial charge in [0.25, 0.3) is 0 Å². The predicted octanol–water partition coefficient (Wildman–Crippen LogP) is -1.02. The van der Waals surface area contributed by atoms with Crippen LogP contribution in [0.25, 0.3) is 0 Å². The molecule has 0 saturated carbocycles. The molecule has 0 spiro atoms. The first-order chi connectivity index (χ1) is 6.11. The standard InChI is InChI=1S/C8H17N3O2/c1-3-6(9)8(13)11-5-7(12)10-4-2/h6H,3-5,9H2,1-2H3,(H,10,12)(H,11,13)/t6-/m1/s1. The molecule has 0 aliphatic rings. The zero-order chi connectivity index (χ0) is 10.3.